The van der Waals surface area contributed by atoms with Gasteiger partial charge < -0.3 is 5.32 Å². The molecule has 3 aromatic rings. The Labute approximate surface area is 160 Å². The number of hydrogen-bond acceptors (Lipinski definition) is 4. The van der Waals surface area contributed by atoms with Crippen LogP contribution in [-0.2, 0) is 6.54 Å². The average molecular weight is 370 g/mol. The number of para-hydroxylation sites is 1. The topological polar surface area (TPSA) is 46.0 Å². The molecule has 26 heavy (non-hydrogen) atoms. The van der Waals surface area contributed by atoms with Crippen molar-refractivity contribution in [2.75, 3.05) is 19.6 Å². The molecule has 0 aliphatic carbocycles. The Morgan fingerprint density at radius 3 is 2.65 bits per heavy atom. The highest BCUT2D eigenvalue weighted by Crippen LogP contribution is 2.24. The van der Waals surface area contributed by atoms with E-state index in [0.29, 0.717) is 6.04 Å². The van der Waals surface area contributed by atoms with Gasteiger partial charge in [-0.3, -0.25) is 9.88 Å². The molecule has 136 valence electrons. The number of benzene rings is 1. The molecule has 4 rings (SSSR count). The monoisotopic (exact) mass is 369 g/mol. The zero-order valence-electron chi connectivity index (χ0n) is 14.9. The second kappa shape index (κ2) is 8.45. The van der Waals surface area contributed by atoms with Crippen molar-refractivity contribution >= 4 is 12.4 Å². The molecule has 1 saturated heterocycles. The molecule has 0 saturated carbocycles. The van der Waals surface area contributed by atoms with Crippen molar-refractivity contribution in [2.45, 2.75) is 19.5 Å². The largest absolute Gasteiger partial charge is 0.314 e. The Kier molecular flexibility index (Phi) is 6.04. The first kappa shape index (κ1) is 18.6. The summed E-state index contributed by atoms with van der Waals surface area (Å²) in [6.45, 7) is 6.03. The number of nitrogens with one attached hydrogen (secondary N) is 1. The van der Waals surface area contributed by atoms with Crippen LogP contribution in [0.2, 0.25) is 0 Å². The van der Waals surface area contributed by atoms with Gasteiger partial charge in [0.1, 0.15) is 0 Å². The summed E-state index contributed by atoms with van der Waals surface area (Å²) in [6.07, 6.45) is 5.91. The zero-order chi connectivity index (χ0) is 17.1. The highest BCUT2D eigenvalue weighted by atomic mass is 35.5. The third kappa shape index (κ3) is 3.96. The average Bonchev–Trinajstić information content (AvgIpc) is 3.04. The van der Waals surface area contributed by atoms with Crippen molar-refractivity contribution in [1.82, 2.24) is 25.0 Å². The van der Waals surface area contributed by atoms with Crippen LogP contribution in [0.4, 0.5) is 0 Å². The molecule has 0 spiro atoms. The van der Waals surface area contributed by atoms with Crippen LogP contribution in [0, 0.1) is 6.92 Å². The van der Waals surface area contributed by atoms with Crippen molar-refractivity contribution in [1.29, 1.82) is 0 Å². The van der Waals surface area contributed by atoms with E-state index in [1.54, 1.807) is 0 Å². The first-order valence-corrected chi connectivity index (χ1v) is 8.76. The number of pyridine rings is 1. The lowest BCUT2D eigenvalue weighted by Gasteiger charge is -2.36. The summed E-state index contributed by atoms with van der Waals surface area (Å²) in [5, 5.41) is 8.22. The summed E-state index contributed by atoms with van der Waals surface area (Å²) in [6, 6.07) is 14.9. The standard InChI is InChI=1S/C20H23N5.ClH/c1-16-18(15-25(23-16)19-5-3-2-4-6-19)14-24-12-11-22-13-20(24)17-7-9-21-10-8-17;/h2-10,15,20,22H,11-14H2,1H3;1H. The van der Waals surface area contributed by atoms with E-state index in [4.69, 9.17) is 5.10 Å². The predicted molar refractivity (Wildman–Crippen MR) is 106 cm³/mol. The molecule has 2 aromatic heterocycles. The highest BCUT2D eigenvalue weighted by Gasteiger charge is 2.24. The van der Waals surface area contributed by atoms with Gasteiger partial charge in [-0.25, -0.2) is 4.68 Å². The number of aromatic nitrogens is 3. The summed E-state index contributed by atoms with van der Waals surface area (Å²) in [4.78, 5) is 6.68. The SMILES string of the molecule is Cc1nn(-c2ccccc2)cc1CN1CCNCC1c1ccncc1.Cl. The first-order valence-electron chi connectivity index (χ1n) is 8.76. The maximum atomic E-state index is 4.71. The Morgan fingerprint density at radius 1 is 1.12 bits per heavy atom. The fourth-order valence-electron chi connectivity index (χ4n) is 3.43. The summed E-state index contributed by atoms with van der Waals surface area (Å²) >= 11 is 0. The maximum Gasteiger partial charge on any atom is 0.0645 e. The number of aryl methyl sites for hydroxylation is 1. The molecular weight excluding hydrogens is 346 g/mol. The van der Waals surface area contributed by atoms with Crippen LogP contribution in [0.25, 0.3) is 5.69 Å². The first-order chi connectivity index (χ1) is 12.3. The molecule has 1 aliphatic rings. The molecule has 1 atom stereocenters. The van der Waals surface area contributed by atoms with E-state index in [1.165, 1.54) is 11.1 Å². The molecule has 0 amide bonds. The van der Waals surface area contributed by atoms with Gasteiger partial charge in [0.25, 0.3) is 0 Å². The van der Waals surface area contributed by atoms with Crippen molar-refractivity contribution < 1.29 is 0 Å². The van der Waals surface area contributed by atoms with E-state index in [9.17, 15) is 0 Å². The Balaban J connectivity index is 0.00000196. The second-order valence-electron chi connectivity index (χ2n) is 6.49. The molecule has 1 unspecified atom stereocenters. The van der Waals surface area contributed by atoms with Gasteiger partial charge in [0.05, 0.1) is 11.4 Å². The van der Waals surface area contributed by atoms with Crippen molar-refractivity contribution in [3.8, 4) is 5.69 Å². The molecule has 1 aliphatic heterocycles. The predicted octanol–water partition coefficient (Wildman–Crippen LogP) is 3.14. The Bertz CT molecular complexity index is 819. The van der Waals surface area contributed by atoms with E-state index < -0.39 is 0 Å². The van der Waals surface area contributed by atoms with Gasteiger partial charge in [-0.2, -0.15) is 5.10 Å². The number of nitrogens with zero attached hydrogens (tertiary/aromatic N) is 4. The molecule has 1 aromatic carbocycles. The minimum Gasteiger partial charge on any atom is -0.314 e. The van der Waals surface area contributed by atoms with Crippen LogP contribution < -0.4 is 5.32 Å². The van der Waals surface area contributed by atoms with Gasteiger partial charge in [0.2, 0.25) is 0 Å². The highest BCUT2D eigenvalue weighted by molar-refractivity contribution is 5.85. The van der Waals surface area contributed by atoms with Crippen molar-refractivity contribution in [2.24, 2.45) is 0 Å². The van der Waals surface area contributed by atoms with E-state index in [0.717, 1.165) is 37.6 Å². The summed E-state index contributed by atoms with van der Waals surface area (Å²) in [5.41, 5.74) is 4.79. The second-order valence-corrected chi connectivity index (χ2v) is 6.49. The summed E-state index contributed by atoms with van der Waals surface area (Å²) < 4.78 is 1.98. The van der Waals surface area contributed by atoms with E-state index in [2.05, 4.69) is 52.6 Å². The third-order valence-electron chi connectivity index (χ3n) is 4.84. The van der Waals surface area contributed by atoms with E-state index in [1.807, 2.05) is 35.3 Å². The number of rotatable bonds is 4. The quantitative estimate of drug-likeness (QED) is 0.767. The van der Waals surface area contributed by atoms with Crippen LogP contribution in [-0.4, -0.2) is 39.3 Å². The van der Waals surface area contributed by atoms with Crippen molar-refractivity contribution in [3.05, 3.63) is 77.9 Å². The van der Waals surface area contributed by atoms with Crippen LogP contribution in [0.1, 0.15) is 22.9 Å². The van der Waals surface area contributed by atoms with Gasteiger partial charge in [-0.05, 0) is 36.8 Å². The number of piperazine rings is 1. The van der Waals surface area contributed by atoms with Crippen LogP contribution >= 0.6 is 12.4 Å². The molecule has 6 heteroatoms. The van der Waals surface area contributed by atoms with Crippen LogP contribution in [0.15, 0.2) is 61.1 Å². The zero-order valence-corrected chi connectivity index (χ0v) is 15.7. The minimum atomic E-state index is 0. The molecule has 1 fully saturated rings. The molecular formula is C20H24ClN5. The third-order valence-corrected chi connectivity index (χ3v) is 4.84. The van der Waals surface area contributed by atoms with Gasteiger partial charge >= 0.3 is 0 Å². The summed E-state index contributed by atoms with van der Waals surface area (Å²) in [5.74, 6) is 0. The van der Waals surface area contributed by atoms with E-state index >= 15 is 0 Å². The minimum absolute atomic E-state index is 0. The van der Waals surface area contributed by atoms with Gasteiger partial charge in [-0.1, -0.05) is 18.2 Å². The molecule has 0 radical (unpaired) electrons. The van der Waals surface area contributed by atoms with Gasteiger partial charge in [0.15, 0.2) is 0 Å². The molecule has 5 nitrogen and oxygen atoms in total. The molecule has 3 heterocycles. The fourth-order valence-corrected chi connectivity index (χ4v) is 3.43. The number of halogens is 1. The number of hydrogen-bond donors (Lipinski definition) is 1. The lowest BCUT2D eigenvalue weighted by molar-refractivity contribution is 0.153. The normalized spacial score (nSPS) is 17.7. The van der Waals surface area contributed by atoms with E-state index in [-0.39, 0.29) is 12.4 Å². The smallest absolute Gasteiger partial charge is 0.0645 e. The lowest BCUT2D eigenvalue weighted by Crippen LogP contribution is -2.45. The lowest BCUT2D eigenvalue weighted by atomic mass is 10.0. The maximum absolute atomic E-state index is 4.71. The van der Waals surface area contributed by atoms with Crippen LogP contribution in [0.5, 0.6) is 0 Å². The van der Waals surface area contributed by atoms with Gasteiger partial charge in [0, 0.05) is 56.4 Å². The Morgan fingerprint density at radius 2 is 1.88 bits per heavy atom. The Hall–Kier alpha value is -2.21. The van der Waals surface area contributed by atoms with Crippen LogP contribution in [0.3, 0.4) is 0 Å². The molecule has 0 bridgehead atoms. The van der Waals surface area contributed by atoms with Gasteiger partial charge in [-0.15, -0.1) is 12.4 Å². The molecule has 1 N–H and O–H groups in total. The summed E-state index contributed by atoms with van der Waals surface area (Å²) in [7, 11) is 0. The van der Waals surface area contributed by atoms with Crippen molar-refractivity contribution in [3.63, 3.8) is 0 Å². The fraction of sp³-hybridized carbons (Fsp3) is 0.300.